The summed E-state index contributed by atoms with van der Waals surface area (Å²) in [4.78, 5) is 43.0. The first-order valence-electron chi connectivity index (χ1n) is 14.2. The highest BCUT2D eigenvalue weighted by molar-refractivity contribution is 6.06. The van der Waals surface area contributed by atoms with Gasteiger partial charge in [0.1, 0.15) is 24.0 Å². The zero-order chi connectivity index (χ0) is 30.9. The second-order valence-corrected chi connectivity index (χ2v) is 11.2. The van der Waals surface area contributed by atoms with Crippen molar-refractivity contribution in [2.24, 2.45) is 5.92 Å². The molecule has 0 spiro atoms. The molecule has 1 unspecified atom stereocenters. The molecule has 1 aliphatic carbocycles. The molecule has 12 nitrogen and oxygen atoms in total. The number of nitrogen functional groups attached to an aromatic ring is 1. The number of carbonyl (C=O) groups excluding carboxylic acids is 2. The summed E-state index contributed by atoms with van der Waals surface area (Å²) in [6.45, 7) is 8.36. The number of fused-ring (bicyclic) bond motifs is 3. The Hall–Kier alpha value is -4.19. The van der Waals surface area contributed by atoms with Crippen LogP contribution in [0, 0.1) is 5.92 Å². The number of imidazole rings is 1. The van der Waals surface area contributed by atoms with Crippen LogP contribution in [0.4, 0.5) is 10.6 Å². The molecule has 0 fully saturated rings. The number of nitrogens with two attached hydrogens (primary N) is 1. The van der Waals surface area contributed by atoms with E-state index >= 15 is 0 Å². The third-order valence-electron chi connectivity index (χ3n) is 6.92. The summed E-state index contributed by atoms with van der Waals surface area (Å²) in [6.07, 6.45) is 7.92. The second-order valence-electron chi connectivity index (χ2n) is 11.2. The van der Waals surface area contributed by atoms with Crippen LogP contribution in [0.5, 0.6) is 0 Å². The van der Waals surface area contributed by atoms with E-state index in [2.05, 4.69) is 18.0 Å². The lowest BCUT2D eigenvalue weighted by atomic mass is 9.95. The minimum Gasteiger partial charge on any atom is -0.480 e. The van der Waals surface area contributed by atoms with Crippen LogP contribution in [0.15, 0.2) is 36.4 Å². The molecule has 4 rings (SSSR count). The van der Waals surface area contributed by atoms with Crippen LogP contribution in [0.2, 0.25) is 0 Å². The van der Waals surface area contributed by atoms with E-state index < -0.39 is 11.6 Å². The minimum atomic E-state index is -1.04. The van der Waals surface area contributed by atoms with Crippen LogP contribution < -0.4 is 11.1 Å². The highest BCUT2D eigenvalue weighted by atomic mass is 16.6. The maximum Gasteiger partial charge on any atom is 0.410 e. The number of aliphatic carboxylic acids is 1. The van der Waals surface area contributed by atoms with Gasteiger partial charge < -0.3 is 35.5 Å². The van der Waals surface area contributed by atoms with Crippen molar-refractivity contribution in [3.05, 3.63) is 42.2 Å². The van der Waals surface area contributed by atoms with Gasteiger partial charge in [-0.05, 0) is 64.5 Å². The number of hydrogen-bond donors (Lipinski definition) is 4. The Balaban J connectivity index is 0.000000616. The number of hydrogen-bond acceptors (Lipinski definition) is 8. The van der Waals surface area contributed by atoms with E-state index in [1.165, 1.54) is 6.42 Å². The van der Waals surface area contributed by atoms with Crippen molar-refractivity contribution in [2.45, 2.75) is 78.2 Å². The summed E-state index contributed by atoms with van der Waals surface area (Å²) in [5.74, 6) is 0.549. The van der Waals surface area contributed by atoms with Crippen molar-refractivity contribution in [2.75, 3.05) is 18.8 Å². The van der Waals surface area contributed by atoms with E-state index in [9.17, 15) is 19.5 Å². The first kappa shape index (κ1) is 32.3. The average Bonchev–Trinajstić information content (AvgIpc) is 3.27. The molecule has 228 valence electrons. The molecule has 2 aromatic heterocycles. The van der Waals surface area contributed by atoms with Crippen LogP contribution in [0.3, 0.4) is 0 Å². The Bertz CT molecular complexity index is 1410. The fourth-order valence-corrected chi connectivity index (χ4v) is 4.81. The standard InChI is InChI=1S/C27H37N5O3.C3H5NO3/c1-5-31(26(33)35-19-11-7-6-10-18(2)14-15-19)16-22-30-23-24(32(22)17-27(3,4)34)20-12-8-9-13-21(20)29-25(23)28;5-2-4-1-3(6)7/h7-9,11-13,18-19,34H,5-6,10,14-17H2,1-4H3,(H2,28,29);2H,1H2,(H,4,5)(H,6,7)/b11-7+;/t18?,19-;/m0./s1. The SMILES string of the molecule is CCN(Cc1nc2c(N)nc3ccccc3c2n1CC(C)(C)O)C(=O)O[C@H]1/C=C/CCC(C)CC1.O=CNCC(=O)O. The number of carboxylic acid groups (broad SMARTS) is 1. The van der Waals surface area contributed by atoms with Crippen molar-refractivity contribution >= 4 is 46.2 Å². The molecular weight excluding hydrogens is 540 g/mol. The van der Waals surface area contributed by atoms with Gasteiger partial charge in [-0.25, -0.2) is 14.8 Å². The lowest BCUT2D eigenvalue weighted by Crippen LogP contribution is -2.35. The number of amides is 2. The van der Waals surface area contributed by atoms with Crippen molar-refractivity contribution in [3.63, 3.8) is 0 Å². The summed E-state index contributed by atoms with van der Waals surface area (Å²) < 4.78 is 7.85. The van der Waals surface area contributed by atoms with E-state index in [1.54, 1.807) is 18.7 Å². The topological polar surface area (TPSA) is 173 Å². The largest absolute Gasteiger partial charge is 0.480 e. The van der Waals surface area contributed by atoms with Gasteiger partial charge in [-0.1, -0.05) is 31.2 Å². The van der Waals surface area contributed by atoms with Gasteiger partial charge in [0.25, 0.3) is 0 Å². The zero-order valence-electron chi connectivity index (χ0n) is 24.7. The second kappa shape index (κ2) is 14.6. The number of rotatable bonds is 9. The molecule has 0 bridgehead atoms. The highest BCUT2D eigenvalue weighted by Gasteiger charge is 2.26. The Morgan fingerprint density at radius 1 is 1.24 bits per heavy atom. The van der Waals surface area contributed by atoms with E-state index in [0.717, 1.165) is 35.7 Å². The third-order valence-corrected chi connectivity index (χ3v) is 6.92. The van der Waals surface area contributed by atoms with Gasteiger partial charge >= 0.3 is 12.1 Å². The smallest absolute Gasteiger partial charge is 0.410 e. The van der Waals surface area contributed by atoms with E-state index in [0.29, 0.717) is 42.6 Å². The Morgan fingerprint density at radius 3 is 2.62 bits per heavy atom. The number of ether oxygens (including phenoxy) is 1. The molecule has 5 N–H and O–H groups in total. The number of benzene rings is 1. The predicted octanol–water partition coefficient (Wildman–Crippen LogP) is 3.85. The number of para-hydroxylation sites is 1. The number of pyridine rings is 1. The molecule has 1 aromatic carbocycles. The number of aromatic nitrogens is 3. The molecule has 42 heavy (non-hydrogen) atoms. The van der Waals surface area contributed by atoms with Gasteiger partial charge in [-0.3, -0.25) is 9.59 Å². The summed E-state index contributed by atoms with van der Waals surface area (Å²) >= 11 is 0. The molecule has 0 saturated carbocycles. The van der Waals surface area contributed by atoms with Gasteiger partial charge in [0.2, 0.25) is 6.41 Å². The molecule has 0 saturated heterocycles. The molecule has 2 atom stereocenters. The van der Waals surface area contributed by atoms with E-state index in [1.807, 2.05) is 47.1 Å². The van der Waals surface area contributed by atoms with Gasteiger partial charge in [0.05, 0.1) is 29.7 Å². The Kier molecular flexibility index (Phi) is 11.3. The lowest BCUT2D eigenvalue weighted by Gasteiger charge is -2.26. The molecule has 12 heteroatoms. The predicted molar refractivity (Wildman–Crippen MR) is 161 cm³/mol. The van der Waals surface area contributed by atoms with Crippen molar-refractivity contribution in [1.29, 1.82) is 0 Å². The average molecular weight is 583 g/mol. The first-order chi connectivity index (χ1) is 19.9. The number of aliphatic hydroxyl groups is 1. The number of carboxylic acids is 1. The fourth-order valence-electron chi connectivity index (χ4n) is 4.81. The van der Waals surface area contributed by atoms with Crippen LogP contribution >= 0.6 is 0 Å². The molecule has 2 heterocycles. The zero-order valence-corrected chi connectivity index (χ0v) is 24.7. The van der Waals surface area contributed by atoms with Gasteiger partial charge in [-0.15, -0.1) is 0 Å². The minimum absolute atomic E-state index is 0.224. The van der Waals surface area contributed by atoms with Crippen molar-refractivity contribution in [3.8, 4) is 0 Å². The lowest BCUT2D eigenvalue weighted by molar-refractivity contribution is -0.136. The first-order valence-corrected chi connectivity index (χ1v) is 14.2. The maximum absolute atomic E-state index is 13.2. The molecule has 3 aromatic rings. The van der Waals surface area contributed by atoms with Crippen molar-refractivity contribution < 1.29 is 29.3 Å². The van der Waals surface area contributed by atoms with Gasteiger partial charge in [-0.2, -0.15) is 0 Å². The number of allylic oxidation sites excluding steroid dienone is 1. The summed E-state index contributed by atoms with van der Waals surface area (Å²) in [6, 6.07) is 7.74. The Morgan fingerprint density at radius 2 is 1.98 bits per heavy atom. The van der Waals surface area contributed by atoms with E-state index in [4.69, 9.17) is 20.6 Å². The highest BCUT2D eigenvalue weighted by Crippen LogP contribution is 2.30. The molecular formula is C30H42N6O6. The molecule has 0 radical (unpaired) electrons. The van der Waals surface area contributed by atoms with Crippen LogP contribution in [0.1, 0.15) is 59.2 Å². The van der Waals surface area contributed by atoms with Crippen LogP contribution in [-0.2, 0) is 27.4 Å². The molecule has 0 aliphatic heterocycles. The Labute approximate surface area is 245 Å². The quantitative estimate of drug-likeness (QED) is 0.216. The summed E-state index contributed by atoms with van der Waals surface area (Å²) in [7, 11) is 0. The number of anilines is 1. The normalized spacial score (nSPS) is 17.8. The maximum atomic E-state index is 13.2. The number of nitrogens with zero attached hydrogens (tertiary/aromatic N) is 4. The number of carbonyl (C=O) groups is 3. The fraction of sp³-hybridized carbons (Fsp3) is 0.500. The van der Waals surface area contributed by atoms with Crippen LogP contribution in [0.25, 0.3) is 21.9 Å². The van der Waals surface area contributed by atoms with Gasteiger partial charge in [0.15, 0.2) is 5.82 Å². The summed E-state index contributed by atoms with van der Waals surface area (Å²) in [5, 5.41) is 21.4. The molecule has 2 amide bonds. The third kappa shape index (κ3) is 8.90. The summed E-state index contributed by atoms with van der Waals surface area (Å²) in [5.41, 5.74) is 7.44. The van der Waals surface area contributed by atoms with E-state index in [-0.39, 0.29) is 25.3 Å². The monoisotopic (exact) mass is 582 g/mol. The molecule has 1 aliphatic rings. The van der Waals surface area contributed by atoms with Crippen LogP contribution in [-0.4, -0.2) is 72.9 Å². The van der Waals surface area contributed by atoms with Crippen molar-refractivity contribution in [1.82, 2.24) is 24.8 Å². The van der Waals surface area contributed by atoms with Gasteiger partial charge in [0, 0.05) is 11.9 Å². The number of nitrogens with one attached hydrogen (secondary N) is 1.